The van der Waals surface area contributed by atoms with Gasteiger partial charge in [-0.3, -0.25) is 0 Å². The highest BCUT2D eigenvalue weighted by Crippen LogP contribution is 2.37. The van der Waals surface area contributed by atoms with E-state index in [4.69, 9.17) is 34.8 Å². The van der Waals surface area contributed by atoms with Crippen LogP contribution in [0.1, 0.15) is 11.4 Å². The lowest BCUT2D eigenvalue weighted by molar-refractivity contribution is 0.619. The Bertz CT molecular complexity index is 566. The van der Waals surface area contributed by atoms with E-state index in [9.17, 15) is 4.39 Å². The van der Waals surface area contributed by atoms with E-state index in [0.29, 0.717) is 16.8 Å². The van der Waals surface area contributed by atoms with E-state index in [1.165, 1.54) is 6.07 Å². The summed E-state index contributed by atoms with van der Waals surface area (Å²) in [5.74, 6) is 0.0129. The molecule has 1 aromatic heterocycles. The Kier molecular flexibility index (Phi) is 4.22. The molecule has 1 heterocycles. The summed E-state index contributed by atoms with van der Waals surface area (Å²) in [5, 5.41) is 0. The highest BCUT2D eigenvalue weighted by atomic mass is 79.9. The molecule has 0 aliphatic carbocycles. The van der Waals surface area contributed by atoms with Crippen molar-refractivity contribution in [2.75, 3.05) is 0 Å². The molecule has 0 amide bonds. The molecule has 0 aliphatic heterocycles. The first kappa shape index (κ1) is 14.1. The topological polar surface area (TPSA) is 17.8 Å². The highest BCUT2D eigenvalue weighted by Gasteiger charge is 2.28. The van der Waals surface area contributed by atoms with Gasteiger partial charge >= 0.3 is 0 Å². The minimum absolute atomic E-state index is 0.314. The molecule has 18 heavy (non-hydrogen) atoms. The standard InChI is InChI=1S/C11H7BrCl3FN2/c12-8-5-7(1-2-9(8)16)6-18-4-3-17-10(18)11(13,14)15/h1-5H,6H2. The number of halogens is 5. The second-order valence-corrected chi connectivity index (χ2v) is 6.76. The van der Waals surface area contributed by atoms with Crippen LogP contribution in [0.4, 0.5) is 4.39 Å². The van der Waals surface area contributed by atoms with Gasteiger partial charge in [0.25, 0.3) is 0 Å². The smallest absolute Gasteiger partial charge is 0.248 e. The predicted octanol–water partition coefficient (Wildman–Crippen LogP) is 4.66. The van der Waals surface area contributed by atoms with Crippen LogP contribution in [-0.2, 0) is 10.3 Å². The van der Waals surface area contributed by atoms with Crippen molar-refractivity contribution >= 4 is 50.7 Å². The van der Waals surface area contributed by atoms with E-state index in [2.05, 4.69) is 20.9 Å². The molecule has 0 radical (unpaired) electrons. The van der Waals surface area contributed by atoms with E-state index >= 15 is 0 Å². The van der Waals surface area contributed by atoms with E-state index in [1.807, 2.05) is 0 Å². The third kappa shape index (κ3) is 3.18. The lowest BCUT2D eigenvalue weighted by Crippen LogP contribution is -2.12. The van der Waals surface area contributed by atoms with Crippen LogP contribution in [0.3, 0.4) is 0 Å². The Hall–Kier alpha value is -0.290. The molecule has 0 bridgehead atoms. The fourth-order valence-corrected chi connectivity index (χ4v) is 2.43. The molecule has 7 heteroatoms. The Morgan fingerprint density at radius 2 is 2.06 bits per heavy atom. The van der Waals surface area contributed by atoms with Gasteiger partial charge in [0.05, 0.1) is 4.47 Å². The van der Waals surface area contributed by atoms with Crippen molar-refractivity contribution in [2.24, 2.45) is 0 Å². The molecule has 0 unspecified atom stereocenters. The fourth-order valence-electron chi connectivity index (χ4n) is 1.53. The Balaban J connectivity index is 2.29. The van der Waals surface area contributed by atoms with Crippen LogP contribution in [0.15, 0.2) is 35.1 Å². The van der Waals surface area contributed by atoms with Crippen LogP contribution < -0.4 is 0 Å². The molecular formula is C11H7BrCl3FN2. The number of hydrogen-bond donors (Lipinski definition) is 0. The molecule has 0 spiro atoms. The maximum atomic E-state index is 13.1. The van der Waals surface area contributed by atoms with Gasteiger partial charge in [0.1, 0.15) is 5.82 Å². The molecule has 2 rings (SSSR count). The number of nitrogens with zero attached hydrogens (tertiary/aromatic N) is 2. The third-order valence-corrected chi connectivity index (χ3v) is 3.42. The quantitative estimate of drug-likeness (QED) is 0.701. The number of aromatic nitrogens is 2. The number of benzene rings is 1. The summed E-state index contributed by atoms with van der Waals surface area (Å²) >= 11 is 20.5. The van der Waals surface area contributed by atoms with Gasteiger partial charge in [-0.05, 0) is 33.6 Å². The summed E-state index contributed by atoms with van der Waals surface area (Å²) in [6, 6.07) is 4.73. The Labute approximate surface area is 127 Å². The molecular weight excluding hydrogens is 365 g/mol. The summed E-state index contributed by atoms with van der Waals surface area (Å²) in [6.45, 7) is 0.447. The summed E-state index contributed by atoms with van der Waals surface area (Å²) in [7, 11) is 0. The number of hydrogen-bond acceptors (Lipinski definition) is 1. The van der Waals surface area contributed by atoms with Crippen molar-refractivity contribution in [3.63, 3.8) is 0 Å². The van der Waals surface area contributed by atoms with E-state index in [-0.39, 0.29) is 5.82 Å². The van der Waals surface area contributed by atoms with E-state index in [1.54, 1.807) is 29.1 Å². The Morgan fingerprint density at radius 3 is 2.67 bits per heavy atom. The summed E-state index contributed by atoms with van der Waals surface area (Å²) in [5.41, 5.74) is 0.872. The second kappa shape index (κ2) is 5.37. The van der Waals surface area contributed by atoms with Crippen LogP contribution in [-0.4, -0.2) is 9.55 Å². The first-order valence-electron chi connectivity index (χ1n) is 4.90. The van der Waals surface area contributed by atoms with E-state index in [0.717, 1.165) is 5.56 Å². The normalized spacial score (nSPS) is 11.8. The molecule has 0 atom stereocenters. The average molecular weight is 372 g/mol. The molecule has 0 saturated carbocycles. The minimum atomic E-state index is -1.58. The summed E-state index contributed by atoms with van der Waals surface area (Å²) in [4.78, 5) is 4.00. The number of rotatable bonds is 2. The SMILES string of the molecule is Fc1ccc(Cn2ccnc2C(Cl)(Cl)Cl)cc1Br. The highest BCUT2D eigenvalue weighted by molar-refractivity contribution is 9.10. The van der Waals surface area contributed by atoms with Crippen LogP contribution in [0, 0.1) is 5.82 Å². The molecule has 2 nitrogen and oxygen atoms in total. The van der Waals surface area contributed by atoms with Crippen molar-refractivity contribution in [2.45, 2.75) is 10.3 Å². The molecule has 0 N–H and O–H groups in total. The molecule has 1 aromatic carbocycles. The second-order valence-electron chi connectivity index (χ2n) is 3.62. The van der Waals surface area contributed by atoms with Gasteiger partial charge < -0.3 is 4.57 Å². The van der Waals surface area contributed by atoms with Gasteiger partial charge in [0.15, 0.2) is 5.82 Å². The molecule has 0 fully saturated rings. The monoisotopic (exact) mass is 370 g/mol. The fraction of sp³-hybridized carbons (Fsp3) is 0.182. The zero-order valence-electron chi connectivity index (χ0n) is 8.88. The largest absolute Gasteiger partial charge is 0.327 e. The van der Waals surface area contributed by atoms with Gasteiger partial charge in [-0.15, -0.1) is 0 Å². The third-order valence-electron chi connectivity index (χ3n) is 2.31. The van der Waals surface area contributed by atoms with Crippen molar-refractivity contribution < 1.29 is 4.39 Å². The molecule has 0 aliphatic rings. The number of imidazole rings is 1. The first-order chi connectivity index (χ1) is 8.38. The average Bonchev–Trinajstić information content (AvgIpc) is 2.71. The zero-order chi connectivity index (χ0) is 13.3. The van der Waals surface area contributed by atoms with Crippen molar-refractivity contribution in [1.29, 1.82) is 0 Å². The van der Waals surface area contributed by atoms with Gasteiger partial charge in [-0.1, -0.05) is 40.9 Å². The van der Waals surface area contributed by atoms with Gasteiger partial charge in [0.2, 0.25) is 3.79 Å². The molecule has 2 aromatic rings. The lowest BCUT2D eigenvalue weighted by atomic mass is 10.2. The van der Waals surface area contributed by atoms with Gasteiger partial charge in [-0.25, -0.2) is 9.37 Å². The van der Waals surface area contributed by atoms with Crippen LogP contribution in [0.2, 0.25) is 0 Å². The zero-order valence-corrected chi connectivity index (χ0v) is 12.7. The number of alkyl halides is 3. The van der Waals surface area contributed by atoms with Gasteiger partial charge in [-0.2, -0.15) is 0 Å². The van der Waals surface area contributed by atoms with Crippen LogP contribution in [0.5, 0.6) is 0 Å². The summed E-state index contributed by atoms with van der Waals surface area (Å²) in [6.07, 6.45) is 3.25. The predicted molar refractivity (Wildman–Crippen MR) is 74.7 cm³/mol. The maximum absolute atomic E-state index is 13.1. The van der Waals surface area contributed by atoms with Crippen molar-refractivity contribution in [3.05, 3.63) is 52.3 Å². The van der Waals surface area contributed by atoms with Gasteiger partial charge in [0, 0.05) is 18.9 Å². The molecule has 96 valence electrons. The van der Waals surface area contributed by atoms with Crippen LogP contribution in [0.25, 0.3) is 0 Å². The maximum Gasteiger partial charge on any atom is 0.248 e. The Morgan fingerprint density at radius 1 is 1.33 bits per heavy atom. The lowest BCUT2D eigenvalue weighted by Gasteiger charge is -2.13. The molecule has 0 saturated heterocycles. The van der Waals surface area contributed by atoms with Crippen LogP contribution >= 0.6 is 50.7 Å². The van der Waals surface area contributed by atoms with Crippen molar-refractivity contribution in [3.8, 4) is 0 Å². The van der Waals surface area contributed by atoms with E-state index < -0.39 is 3.79 Å². The van der Waals surface area contributed by atoms with Crippen molar-refractivity contribution in [1.82, 2.24) is 9.55 Å². The summed E-state index contributed by atoms with van der Waals surface area (Å²) < 4.78 is 13.6. The minimum Gasteiger partial charge on any atom is -0.327 e. The first-order valence-corrected chi connectivity index (χ1v) is 6.83.